The van der Waals surface area contributed by atoms with Crippen molar-refractivity contribution in [3.8, 4) is 0 Å². The number of hydrogen-bond acceptors (Lipinski definition) is 2. The van der Waals surface area contributed by atoms with Gasteiger partial charge in [0.15, 0.2) is 0 Å². The van der Waals surface area contributed by atoms with Crippen molar-refractivity contribution in [2.24, 2.45) is 11.8 Å². The van der Waals surface area contributed by atoms with Gasteiger partial charge in [-0.25, -0.2) is 0 Å². The predicted octanol–water partition coefficient (Wildman–Crippen LogP) is 1.82. The second kappa shape index (κ2) is 4.83. The Hall–Kier alpha value is -0.0800. The van der Waals surface area contributed by atoms with Crippen molar-refractivity contribution in [3.63, 3.8) is 0 Å². The van der Waals surface area contributed by atoms with Gasteiger partial charge in [0.2, 0.25) is 0 Å². The van der Waals surface area contributed by atoms with E-state index in [1.807, 2.05) is 0 Å². The predicted molar refractivity (Wildman–Crippen MR) is 49.0 cm³/mol. The lowest BCUT2D eigenvalue weighted by Crippen LogP contribution is -2.38. The van der Waals surface area contributed by atoms with E-state index in [0.29, 0.717) is 11.8 Å². The van der Waals surface area contributed by atoms with E-state index in [2.05, 4.69) is 13.8 Å². The monoisotopic (exact) mass is 172 g/mol. The maximum Gasteiger partial charge on any atom is 0.0637 e. The molecule has 3 unspecified atom stereocenters. The highest BCUT2D eigenvalue weighted by molar-refractivity contribution is 4.77. The summed E-state index contributed by atoms with van der Waals surface area (Å²) < 4.78 is 5.40. The summed E-state index contributed by atoms with van der Waals surface area (Å²) in [6.45, 7) is 5.72. The molecule has 1 heterocycles. The molecule has 0 amide bonds. The van der Waals surface area contributed by atoms with E-state index >= 15 is 0 Å². The molecule has 1 N–H and O–H groups in total. The molecule has 12 heavy (non-hydrogen) atoms. The fourth-order valence-corrected chi connectivity index (χ4v) is 1.79. The first-order valence-corrected chi connectivity index (χ1v) is 5.01. The van der Waals surface area contributed by atoms with Gasteiger partial charge < -0.3 is 9.84 Å². The molecule has 1 rings (SSSR count). The van der Waals surface area contributed by atoms with Crippen LogP contribution in [0.4, 0.5) is 0 Å². The second-order valence-corrected chi connectivity index (χ2v) is 3.91. The van der Waals surface area contributed by atoms with E-state index in [0.717, 1.165) is 19.6 Å². The summed E-state index contributed by atoms with van der Waals surface area (Å²) in [7, 11) is 0. The third-order valence-corrected chi connectivity index (χ3v) is 2.71. The molecule has 1 fully saturated rings. The van der Waals surface area contributed by atoms with Crippen LogP contribution in [-0.2, 0) is 4.74 Å². The number of hydrogen-bond donors (Lipinski definition) is 1. The summed E-state index contributed by atoms with van der Waals surface area (Å²) in [6.07, 6.45) is 3.39. The van der Waals surface area contributed by atoms with Gasteiger partial charge in [0.05, 0.1) is 19.3 Å². The topological polar surface area (TPSA) is 29.5 Å². The maximum atomic E-state index is 9.78. The van der Waals surface area contributed by atoms with Crippen LogP contribution in [0.1, 0.15) is 33.1 Å². The van der Waals surface area contributed by atoms with Crippen molar-refractivity contribution >= 4 is 0 Å². The fourth-order valence-electron chi connectivity index (χ4n) is 1.79. The Kier molecular flexibility index (Phi) is 4.02. The van der Waals surface area contributed by atoms with Crippen LogP contribution in [-0.4, -0.2) is 24.4 Å². The van der Waals surface area contributed by atoms with Gasteiger partial charge in [-0.3, -0.25) is 0 Å². The van der Waals surface area contributed by atoms with Gasteiger partial charge in [0.1, 0.15) is 0 Å². The first-order chi connectivity index (χ1) is 5.75. The zero-order valence-electron chi connectivity index (χ0n) is 8.12. The van der Waals surface area contributed by atoms with Crippen molar-refractivity contribution in [2.75, 3.05) is 13.2 Å². The number of ether oxygens (including phenoxy) is 1. The zero-order valence-corrected chi connectivity index (χ0v) is 8.12. The van der Waals surface area contributed by atoms with Gasteiger partial charge in [-0.15, -0.1) is 0 Å². The third kappa shape index (κ3) is 2.46. The van der Waals surface area contributed by atoms with Crippen molar-refractivity contribution in [1.82, 2.24) is 0 Å². The molecule has 2 nitrogen and oxygen atoms in total. The smallest absolute Gasteiger partial charge is 0.0637 e. The Morgan fingerprint density at radius 1 is 1.42 bits per heavy atom. The average molecular weight is 172 g/mol. The molecule has 3 atom stereocenters. The fraction of sp³-hybridized carbons (Fsp3) is 1.00. The third-order valence-electron chi connectivity index (χ3n) is 2.71. The van der Waals surface area contributed by atoms with E-state index in [1.54, 1.807) is 0 Å². The minimum atomic E-state index is -0.134. The molecule has 1 saturated heterocycles. The second-order valence-electron chi connectivity index (χ2n) is 3.91. The summed E-state index contributed by atoms with van der Waals surface area (Å²) in [5.74, 6) is 0.703. The molecule has 0 aromatic carbocycles. The molecule has 0 aromatic rings. The Balaban J connectivity index is 2.30. The highest BCUT2D eigenvalue weighted by Crippen LogP contribution is 2.24. The first kappa shape index (κ1) is 10.0. The standard InChI is InChI=1S/C10H20O2/c1-3-4-5-9-7-12-6-8(2)10(9)11/h8-11H,3-7H2,1-2H3. The summed E-state index contributed by atoms with van der Waals surface area (Å²) >= 11 is 0. The number of unbranched alkanes of at least 4 members (excludes halogenated alkanes) is 1. The first-order valence-electron chi connectivity index (χ1n) is 5.01. The molecule has 0 radical (unpaired) electrons. The van der Waals surface area contributed by atoms with E-state index in [-0.39, 0.29) is 6.10 Å². The number of aliphatic hydroxyl groups excluding tert-OH is 1. The number of aliphatic hydroxyl groups is 1. The molecule has 0 bridgehead atoms. The highest BCUT2D eigenvalue weighted by atomic mass is 16.5. The molecule has 0 saturated carbocycles. The van der Waals surface area contributed by atoms with Gasteiger partial charge in [-0.1, -0.05) is 26.7 Å². The molecule has 1 aliphatic heterocycles. The van der Waals surface area contributed by atoms with Crippen molar-refractivity contribution in [1.29, 1.82) is 0 Å². The summed E-state index contributed by atoms with van der Waals surface area (Å²) in [6, 6.07) is 0. The van der Waals surface area contributed by atoms with Crippen LogP contribution >= 0.6 is 0 Å². The quantitative estimate of drug-likeness (QED) is 0.703. The van der Waals surface area contributed by atoms with Crippen LogP contribution in [0.25, 0.3) is 0 Å². The molecule has 1 aliphatic rings. The van der Waals surface area contributed by atoms with Crippen LogP contribution in [0.15, 0.2) is 0 Å². The number of rotatable bonds is 3. The Morgan fingerprint density at radius 2 is 2.17 bits per heavy atom. The Bertz CT molecular complexity index is 125. The van der Waals surface area contributed by atoms with Crippen molar-refractivity contribution in [2.45, 2.75) is 39.2 Å². The van der Waals surface area contributed by atoms with Gasteiger partial charge in [0, 0.05) is 11.8 Å². The normalized spacial score (nSPS) is 36.8. The highest BCUT2D eigenvalue weighted by Gasteiger charge is 2.28. The van der Waals surface area contributed by atoms with E-state index in [4.69, 9.17) is 4.74 Å². The van der Waals surface area contributed by atoms with Crippen LogP contribution in [0.2, 0.25) is 0 Å². The summed E-state index contributed by atoms with van der Waals surface area (Å²) in [5, 5.41) is 9.78. The molecule has 72 valence electrons. The van der Waals surface area contributed by atoms with Crippen LogP contribution < -0.4 is 0 Å². The van der Waals surface area contributed by atoms with Crippen molar-refractivity contribution in [3.05, 3.63) is 0 Å². The van der Waals surface area contributed by atoms with Gasteiger partial charge in [0.25, 0.3) is 0 Å². The summed E-state index contributed by atoms with van der Waals surface area (Å²) in [4.78, 5) is 0. The van der Waals surface area contributed by atoms with Crippen LogP contribution in [0.5, 0.6) is 0 Å². The largest absolute Gasteiger partial charge is 0.392 e. The van der Waals surface area contributed by atoms with Crippen LogP contribution in [0.3, 0.4) is 0 Å². The van der Waals surface area contributed by atoms with Gasteiger partial charge in [-0.05, 0) is 6.42 Å². The molecule has 2 heteroatoms. The lowest BCUT2D eigenvalue weighted by molar-refractivity contribution is -0.0762. The average Bonchev–Trinajstić information content (AvgIpc) is 2.08. The minimum absolute atomic E-state index is 0.134. The SMILES string of the molecule is CCCCC1COCC(C)C1O. The van der Waals surface area contributed by atoms with E-state index in [9.17, 15) is 5.11 Å². The molecule has 0 spiro atoms. The van der Waals surface area contributed by atoms with Crippen LogP contribution in [0, 0.1) is 11.8 Å². The zero-order chi connectivity index (χ0) is 8.97. The maximum absolute atomic E-state index is 9.78. The lowest BCUT2D eigenvalue weighted by atomic mass is 9.87. The van der Waals surface area contributed by atoms with Crippen molar-refractivity contribution < 1.29 is 9.84 Å². The molecular weight excluding hydrogens is 152 g/mol. The minimum Gasteiger partial charge on any atom is -0.392 e. The van der Waals surface area contributed by atoms with Gasteiger partial charge in [-0.2, -0.15) is 0 Å². The van der Waals surface area contributed by atoms with Gasteiger partial charge >= 0.3 is 0 Å². The Labute approximate surface area is 74.9 Å². The lowest BCUT2D eigenvalue weighted by Gasteiger charge is -2.32. The molecular formula is C10H20O2. The van der Waals surface area contributed by atoms with E-state index < -0.39 is 0 Å². The Morgan fingerprint density at radius 3 is 2.83 bits per heavy atom. The summed E-state index contributed by atoms with van der Waals surface area (Å²) in [5.41, 5.74) is 0. The molecule has 0 aromatic heterocycles. The van der Waals surface area contributed by atoms with E-state index in [1.165, 1.54) is 12.8 Å². The molecule has 0 aliphatic carbocycles.